The monoisotopic (exact) mass is 203 g/mol. The lowest BCUT2D eigenvalue weighted by Gasteiger charge is -2.16. The van der Waals surface area contributed by atoms with Crippen LogP contribution in [0.25, 0.3) is 0 Å². The molecule has 0 heterocycles. The lowest BCUT2D eigenvalue weighted by atomic mass is 10.5. The molecule has 0 aromatic heterocycles. The van der Waals surface area contributed by atoms with E-state index in [-0.39, 0.29) is 6.54 Å². The van der Waals surface area contributed by atoms with E-state index < -0.39 is 12.1 Å². The summed E-state index contributed by atoms with van der Waals surface area (Å²) in [4.78, 5) is 24.4. The summed E-state index contributed by atoms with van der Waals surface area (Å²) in [5, 5.41) is 11.1. The summed E-state index contributed by atoms with van der Waals surface area (Å²) in [6.45, 7) is 2.89. The van der Waals surface area contributed by atoms with Crippen molar-refractivity contribution in [1.82, 2.24) is 15.1 Å². The van der Waals surface area contributed by atoms with Gasteiger partial charge in [0.25, 0.3) is 0 Å². The maximum atomic E-state index is 11.2. The molecule has 0 aliphatic carbocycles. The number of hydrogen-bond acceptors (Lipinski definition) is 3. The maximum absolute atomic E-state index is 11.2. The van der Waals surface area contributed by atoms with Crippen LogP contribution in [0.1, 0.15) is 6.92 Å². The third kappa shape index (κ3) is 4.66. The minimum Gasteiger partial charge on any atom is -0.465 e. The molecule has 0 aromatic rings. The van der Waals surface area contributed by atoms with Gasteiger partial charge in [0.15, 0.2) is 0 Å². The number of nitrogens with zero attached hydrogens (tertiary/aromatic N) is 2. The second-order valence-corrected chi connectivity index (χ2v) is 3.06. The first-order chi connectivity index (χ1) is 6.49. The number of likely N-dealkylation sites (N-methyl/N-ethyl adjacent to an activating group) is 1. The summed E-state index contributed by atoms with van der Waals surface area (Å²) in [5.74, 6) is 0. The zero-order valence-electron chi connectivity index (χ0n) is 8.78. The van der Waals surface area contributed by atoms with Crippen LogP contribution in [-0.4, -0.2) is 60.8 Å². The zero-order chi connectivity index (χ0) is 11.1. The highest BCUT2D eigenvalue weighted by atomic mass is 16.4. The van der Waals surface area contributed by atoms with Crippen LogP contribution in [0.5, 0.6) is 0 Å². The summed E-state index contributed by atoms with van der Waals surface area (Å²) in [7, 11) is 3.75. The van der Waals surface area contributed by atoms with Gasteiger partial charge in [-0.1, -0.05) is 0 Å². The van der Waals surface area contributed by atoms with Gasteiger partial charge in [-0.3, -0.25) is 0 Å². The molecule has 3 amide bonds. The van der Waals surface area contributed by atoms with Gasteiger partial charge < -0.3 is 15.3 Å². The third-order valence-electron chi connectivity index (χ3n) is 1.63. The molecule has 0 aliphatic rings. The minimum atomic E-state index is -1.23. The van der Waals surface area contributed by atoms with E-state index in [0.29, 0.717) is 13.1 Å². The number of carboxylic acid groups (broad SMARTS) is 1. The van der Waals surface area contributed by atoms with Gasteiger partial charge in [0.1, 0.15) is 0 Å². The van der Waals surface area contributed by atoms with Gasteiger partial charge in [-0.05, 0) is 21.0 Å². The first kappa shape index (κ1) is 12.7. The Kier molecular flexibility index (Phi) is 5.62. The Morgan fingerprint density at radius 2 is 1.93 bits per heavy atom. The zero-order valence-corrected chi connectivity index (χ0v) is 8.78. The molecule has 0 aliphatic heterocycles. The van der Waals surface area contributed by atoms with Gasteiger partial charge in [0.05, 0.1) is 0 Å². The van der Waals surface area contributed by atoms with Gasteiger partial charge in [0.2, 0.25) is 0 Å². The lowest BCUT2D eigenvalue weighted by molar-refractivity contribution is 0.149. The van der Waals surface area contributed by atoms with Crippen molar-refractivity contribution in [1.29, 1.82) is 0 Å². The Labute approximate surface area is 83.5 Å². The van der Waals surface area contributed by atoms with Gasteiger partial charge in [0, 0.05) is 19.6 Å². The van der Waals surface area contributed by atoms with Crippen LogP contribution < -0.4 is 5.32 Å². The molecule has 0 atom stereocenters. The molecule has 0 radical (unpaired) electrons. The average molecular weight is 203 g/mol. The number of rotatable bonds is 4. The molecule has 14 heavy (non-hydrogen) atoms. The highest BCUT2D eigenvalue weighted by molar-refractivity contribution is 5.89. The fourth-order valence-electron chi connectivity index (χ4n) is 0.848. The van der Waals surface area contributed by atoms with Crippen LogP contribution in [-0.2, 0) is 0 Å². The molecular weight excluding hydrogens is 186 g/mol. The standard InChI is InChI=1S/C8H17N3O3/c1-4-11(8(13)14)7(12)9-5-6-10(2)3/h4-6H2,1-3H3,(H,9,12)(H,13,14). The Bertz CT molecular complexity index is 206. The van der Waals surface area contributed by atoms with E-state index in [2.05, 4.69) is 5.32 Å². The number of urea groups is 1. The number of hydrogen-bond donors (Lipinski definition) is 2. The molecule has 0 fully saturated rings. The summed E-state index contributed by atoms with van der Waals surface area (Å²) >= 11 is 0. The van der Waals surface area contributed by atoms with Crippen molar-refractivity contribution in [3.63, 3.8) is 0 Å². The molecule has 0 spiro atoms. The average Bonchev–Trinajstić information content (AvgIpc) is 2.03. The van der Waals surface area contributed by atoms with Gasteiger partial charge in [-0.25, -0.2) is 14.5 Å². The Balaban J connectivity index is 3.87. The van der Waals surface area contributed by atoms with E-state index in [9.17, 15) is 9.59 Å². The molecule has 82 valence electrons. The van der Waals surface area contributed by atoms with Gasteiger partial charge in [-0.2, -0.15) is 0 Å². The van der Waals surface area contributed by atoms with E-state index in [4.69, 9.17) is 5.11 Å². The Hall–Kier alpha value is -1.30. The van der Waals surface area contributed by atoms with Crippen LogP contribution in [0.3, 0.4) is 0 Å². The highest BCUT2D eigenvalue weighted by Crippen LogP contribution is 1.89. The normalized spacial score (nSPS) is 10.0. The second-order valence-electron chi connectivity index (χ2n) is 3.06. The van der Waals surface area contributed by atoms with Crippen LogP contribution in [0.15, 0.2) is 0 Å². The van der Waals surface area contributed by atoms with Crippen LogP contribution >= 0.6 is 0 Å². The molecule has 0 saturated carbocycles. The van der Waals surface area contributed by atoms with Crippen molar-refractivity contribution in [2.75, 3.05) is 33.7 Å². The molecule has 2 N–H and O–H groups in total. The number of amides is 3. The molecule has 0 bridgehead atoms. The smallest absolute Gasteiger partial charge is 0.415 e. The predicted molar refractivity (Wildman–Crippen MR) is 52.4 cm³/mol. The number of nitrogens with one attached hydrogen (secondary N) is 1. The summed E-state index contributed by atoms with van der Waals surface area (Å²) < 4.78 is 0. The summed E-state index contributed by atoms with van der Waals surface area (Å²) in [6.07, 6.45) is -1.23. The minimum absolute atomic E-state index is 0.156. The van der Waals surface area contributed by atoms with Crippen LogP contribution in [0.4, 0.5) is 9.59 Å². The SMILES string of the molecule is CCN(C(=O)O)C(=O)NCCN(C)C. The summed E-state index contributed by atoms with van der Waals surface area (Å²) in [6, 6.07) is -0.568. The lowest BCUT2D eigenvalue weighted by Crippen LogP contribution is -2.44. The number of carbonyl (C=O) groups excluding carboxylic acids is 1. The van der Waals surface area contributed by atoms with E-state index in [1.807, 2.05) is 19.0 Å². The van der Waals surface area contributed by atoms with Crippen molar-refractivity contribution < 1.29 is 14.7 Å². The maximum Gasteiger partial charge on any atom is 0.415 e. The van der Waals surface area contributed by atoms with Crippen LogP contribution in [0, 0.1) is 0 Å². The Morgan fingerprint density at radius 3 is 2.29 bits per heavy atom. The van der Waals surface area contributed by atoms with Crippen molar-refractivity contribution in [2.45, 2.75) is 6.92 Å². The fraction of sp³-hybridized carbons (Fsp3) is 0.750. The van der Waals surface area contributed by atoms with E-state index in [1.54, 1.807) is 6.92 Å². The summed E-state index contributed by atoms with van der Waals surface area (Å²) in [5.41, 5.74) is 0. The van der Waals surface area contributed by atoms with Crippen molar-refractivity contribution in [2.24, 2.45) is 0 Å². The predicted octanol–water partition coefficient (Wildman–Crippen LogP) is 0.258. The van der Waals surface area contributed by atoms with Gasteiger partial charge in [-0.15, -0.1) is 0 Å². The van der Waals surface area contributed by atoms with E-state index in [1.165, 1.54) is 0 Å². The topological polar surface area (TPSA) is 72.9 Å². The van der Waals surface area contributed by atoms with Gasteiger partial charge >= 0.3 is 12.1 Å². The molecule has 0 rings (SSSR count). The molecule has 0 aromatic carbocycles. The number of imide groups is 1. The highest BCUT2D eigenvalue weighted by Gasteiger charge is 2.17. The first-order valence-corrected chi connectivity index (χ1v) is 4.42. The molecule has 0 saturated heterocycles. The van der Waals surface area contributed by atoms with Crippen LogP contribution in [0.2, 0.25) is 0 Å². The Morgan fingerprint density at radius 1 is 1.36 bits per heavy atom. The van der Waals surface area contributed by atoms with E-state index >= 15 is 0 Å². The van der Waals surface area contributed by atoms with Crippen molar-refractivity contribution in [3.05, 3.63) is 0 Å². The molecule has 6 nitrogen and oxygen atoms in total. The second kappa shape index (κ2) is 6.20. The quantitative estimate of drug-likeness (QED) is 0.687. The first-order valence-electron chi connectivity index (χ1n) is 4.42. The number of carbonyl (C=O) groups is 2. The largest absolute Gasteiger partial charge is 0.465 e. The van der Waals surface area contributed by atoms with Crippen molar-refractivity contribution in [3.8, 4) is 0 Å². The molecule has 6 heteroatoms. The molecular formula is C8H17N3O3. The fourth-order valence-corrected chi connectivity index (χ4v) is 0.848. The third-order valence-corrected chi connectivity index (χ3v) is 1.63. The van der Waals surface area contributed by atoms with E-state index in [0.717, 1.165) is 4.90 Å². The van der Waals surface area contributed by atoms with Crippen molar-refractivity contribution >= 4 is 12.1 Å². The molecule has 0 unspecified atom stereocenters.